The average molecular weight is 423 g/mol. The third kappa shape index (κ3) is 5.24. The van der Waals surface area contributed by atoms with E-state index in [4.69, 9.17) is 9.47 Å². The van der Waals surface area contributed by atoms with Gasteiger partial charge in [-0.1, -0.05) is 62.4 Å². The van der Waals surface area contributed by atoms with Gasteiger partial charge in [0.25, 0.3) is 0 Å². The maximum atomic E-state index is 14.1. The summed E-state index contributed by atoms with van der Waals surface area (Å²) in [6.45, 7) is 10.3. The van der Waals surface area contributed by atoms with Gasteiger partial charge < -0.3 is 9.47 Å². The number of carbonyl (C=O) groups is 1. The van der Waals surface area contributed by atoms with Crippen LogP contribution >= 0.6 is 0 Å². The Morgan fingerprint density at radius 3 is 1.97 bits per heavy atom. The summed E-state index contributed by atoms with van der Waals surface area (Å²) in [5, 5.41) is 0. The van der Waals surface area contributed by atoms with E-state index < -0.39 is 0 Å². The van der Waals surface area contributed by atoms with Gasteiger partial charge >= 0.3 is 0 Å². The van der Waals surface area contributed by atoms with Gasteiger partial charge in [0.05, 0.1) is 38.5 Å². The van der Waals surface area contributed by atoms with Gasteiger partial charge in [0.1, 0.15) is 0 Å². The molecule has 166 valence electrons. The molecule has 31 heavy (non-hydrogen) atoms. The molecule has 2 atom stereocenters. The molecule has 0 N–H and O–H groups in total. The van der Waals surface area contributed by atoms with Crippen LogP contribution in [0.25, 0.3) is 0 Å². The maximum Gasteiger partial charge on any atom is 0.181 e. The van der Waals surface area contributed by atoms with Crippen LogP contribution in [0.5, 0.6) is 0 Å². The first-order valence-electron chi connectivity index (χ1n) is 11.5. The monoisotopic (exact) mass is 422 g/mol. The van der Waals surface area contributed by atoms with Crippen molar-refractivity contribution in [3.05, 3.63) is 71.3 Å². The zero-order valence-corrected chi connectivity index (χ0v) is 18.7. The third-order valence-electron chi connectivity index (χ3n) is 6.42. The van der Waals surface area contributed by atoms with Crippen LogP contribution in [-0.4, -0.2) is 74.2 Å². The average Bonchev–Trinajstić information content (AvgIpc) is 2.84. The summed E-state index contributed by atoms with van der Waals surface area (Å²) in [6, 6.07) is 18.4. The quantitative estimate of drug-likeness (QED) is 0.636. The number of nitrogens with zero attached hydrogens (tertiary/aromatic N) is 2. The second kappa shape index (κ2) is 10.5. The number of hydrogen-bond donors (Lipinski definition) is 0. The first-order chi connectivity index (χ1) is 15.1. The molecule has 2 heterocycles. The number of morpholine rings is 2. The van der Waals surface area contributed by atoms with Gasteiger partial charge in [-0.2, -0.15) is 0 Å². The van der Waals surface area contributed by atoms with E-state index >= 15 is 0 Å². The van der Waals surface area contributed by atoms with Crippen LogP contribution < -0.4 is 0 Å². The Labute approximate surface area is 185 Å². The van der Waals surface area contributed by atoms with E-state index in [1.54, 1.807) is 0 Å². The first-order valence-corrected chi connectivity index (χ1v) is 11.5. The number of benzene rings is 2. The summed E-state index contributed by atoms with van der Waals surface area (Å²) >= 11 is 0. The van der Waals surface area contributed by atoms with Crippen LogP contribution in [-0.2, 0) is 9.47 Å². The third-order valence-corrected chi connectivity index (χ3v) is 6.42. The van der Waals surface area contributed by atoms with Gasteiger partial charge in [-0.3, -0.25) is 14.6 Å². The molecule has 0 aromatic heterocycles. The summed E-state index contributed by atoms with van der Waals surface area (Å²) in [6.07, 6.45) is 0. The molecule has 5 heteroatoms. The lowest BCUT2D eigenvalue weighted by Crippen LogP contribution is -2.55. The highest BCUT2D eigenvalue weighted by Gasteiger charge is 2.39. The molecule has 2 saturated heterocycles. The highest BCUT2D eigenvalue weighted by Crippen LogP contribution is 2.32. The summed E-state index contributed by atoms with van der Waals surface area (Å²) < 4.78 is 11.3. The molecule has 0 amide bonds. The Kier molecular flexibility index (Phi) is 7.51. The molecule has 0 unspecified atom stereocenters. The summed E-state index contributed by atoms with van der Waals surface area (Å²) in [7, 11) is 0. The van der Waals surface area contributed by atoms with E-state index in [0.29, 0.717) is 32.3 Å². The topological polar surface area (TPSA) is 42.0 Å². The Hall–Kier alpha value is -2.05. The van der Waals surface area contributed by atoms with Crippen LogP contribution in [0.15, 0.2) is 54.6 Å². The fraction of sp³-hybridized carbons (Fsp3) is 0.500. The van der Waals surface area contributed by atoms with E-state index in [1.165, 1.54) is 11.1 Å². The number of Topliss-reactive ketones (excluding diaryl/α,β-unsaturated/α-hetero) is 1. The number of ketones is 1. The van der Waals surface area contributed by atoms with Crippen LogP contribution in [0.2, 0.25) is 0 Å². The minimum Gasteiger partial charge on any atom is -0.379 e. The van der Waals surface area contributed by atoms with Crippen molar-refractivity contribution in [3.63, 3.8) is 0 Å². The fourth-order valence-corrected chi connectivity index (χ4v) is 4.69. The van der Waals surface area contributed by atoms with Crippen LogP contribution in [0, 0.1) is 0 Å². The van der Waals surface area contributed by atoms with Crippen molar-refractivity contribution in [1.82, 2.24) is 9.80 Å². The van der Waals surface area contributed by atoms with Gasteiger partial charge in [0.2, 0.25) is 0 Å². The van der Waals surface area contributed by atoms with Gasteiger partial charge in [0.15, 0.2) is 5.78 Å². The molecule has 5 nitrogen and oxygen atoms in total. The minimum atomic E-state index is -0.258. The van der Waals surface area contributed by atoms with E-state index in [0.717, 1.165) is 31.7 Å². The lowest BCUT2D eigenvalue weighted by Gasteiger charge is -2.44. The highest BCUT2D eigenvalue weighted by molar-refractivity contribution is 6.01. The molecule has 4 rings (SSSR count). The van der Waals surface area contributed by atoms with Crippen molar-refractivity contribution in [2.24, 2.45) is 0 Å². The second-order valence-electron chi connectivity index (χ2n) is 8.74. The normalized spacial score (nSPS) is 20.5. The smallest absolute Gasteiger partial charge is 0.181 e. The molecular formula is C26H34N2O3. The van der Waals surface area contributed by atoms with Gasteiger partial charge in [0, 0.05) is 31.7 Å². The number of hydrogen-bond acceptors (Lipinski definition) is 5. The van der Waals surface area contributed by atoms with Crippen molar-refractivity contribution in [2.45, 2.75) is 31.8 Å². The molecule has 0 saturated carbocycles. The molecule has 0 spiro atoms. The van der Waals surface area contributed by atoms with E-state index in [-0.39, 0.29) is 17.9 Å². The van der Waals surface area contributed by atoms with Crippen molar-refractivity contribution < 1.29 is 14.3 Å². The predicted molar refractivity (Wildman–Crippen MR) is 123 cm³/mol. The van der Waals surface area contributed by atoms with Gasteiger partial charge in [-0.25, -0.2) is 0 Å². The standard InChI is InChI=1S/C26H34N2O3/c1-20(2)22-9-6-10-23(19-22)26(29)25(28-13-17-31-18-14-28)24(21-7-4-3-5-8-21)27-11-15-30-16-12-27/h3-10,19-20,24-25H,11-18H2,1-2H3/t24-,25-/m1/s1. The molecule has 2 aliphatic heterocycles. The largest absolute Gasteiger partial charge is 0.379 e. The fourth-order valence-electron chi connectivity index (χ4n) is 4.69. The van der Waals surface area contributed by atoms with E-state index in [2.05, 4.69) is 60.0 Å². The molecule has 2 aromatic carbocycles. The Morgan fingerprint density at radius 1 is 0.774 bits per heavy atom. The molecular weight excluding hydrogens is 388 g/mol. The minimum absolute atomic E-state index is 0.0154. The first kappa shape index (κ1) is 22.2. The summed E-state index contributed by atoms with van der Waals surface area (Å²) in [5.41, 5.74) is 3.19. The molecule has 2 fully saturated rings. The second-order valence-corrected chi connectivity index (χ2v) is 8.74. The zero-order valence-electron chi connectivity index (χ0n) is 18.7. The number of carbonyl (C=O) groups excluding carboxylic acids is 1. The SMILES string of the molecule is CC(C)c1cccc(C(=O)[C@@H]([C@@H](c2ccccc2)N2CCOCC2)N2CCOCC2)c1. The van der Waals surface area contributed by atoms with E-state index in [1.807, 2.05) is 18.2 Å². The molecule has 2 aromatic rings. The number of ether oxygens (including phenoxy) is 2. The van der Waals surface area contributed by atoms with Crippen molar-refractivity contribution in [3.8, 4) is 0 Å². The predicted octanol–water partition coefficient (Wildman–Crippen LogP) is 3.77. The van der Waals surface area contributed by atoms with Crippen LogP contribution in [0.4, 0.5) is 0 Å². The van der Waals surface area contributed by atoms with E-state index in [9.17, 15) is 4.79 Å². The Morgan fingerprint density at radius 2 is 1.35 bits per heavy atom. The van der Waals surface area contributed by atoms with Crippen molar-refractivity contribution in [1.29, 1.82) is 0 Å². The molecule has 0 radical (unpaired) electrons. The molecule has 2 aliphatic rings. The van der Waals surface area contributed by atoms with Crippen molar-refractivity contribution in [2.75, 3.05) is 52.6 Å². The van der Waals surface area contributed by atoms with Crippen molar-refractivity contribution >= 4 is 5.78 Å². The van der Waals surface area contributed by atoms with Gasteiger partial charge in [-0.15, -0.1) is 0 Å². The number of rotatable bonds is 7. The van der Waals surface area contributed by atoms with Crippen LogP contribution in [0.1, 0.15) is 47.3 Å². The lowest BCUT2D eigenvalue weighted by molar-refractivity contribution is -0.0301. The molecule has 0 aliphatic carbocycles. The summed E-state index contributed by atoms with van der Waals surface area (Å²) in [4.78, 5) is 18.9. The Bertz CT molecular complexity index is 843. The lowest BCUT2D eigenvalue weighted by atomic mass is 9.88. The molecule has 0 bridgehead atoms. The highest BCUT2D eigenvalue weighted by atomic mass is 16.5. The maximum absolute atomic E-state index is 14.1. The van der Waals surface area contributed by atoms with Crippen LogP contribution in [0.3, 0.4) is 0 Å². The summed E-state index contributed by atoms with van der Waals surface area (Å²) in [5.74, 6) is 0.587. The van der Waals surface area contributed by atoms with Gasteiger partial charge in [-0.05, 0) is 23.1 Å². The zero-order chi connectivity index (χ0) is 21.6. The Balaban J connectivity index is 1.76.